The minimum absolute atomic E-state index is 0.153. The molecular formula is C26H42IN3Si. The van der Waals surface area contributed by atoms with Gasteiger partial charge in [0.1, 0.15) is 0 Å². The molecule has 1 saturated carbocycles. The second-order valence-electron chi connectivity index (χ2n) is 11.4. The molecule has 0 spiro atoms. The maximum Gasteiger partial charge on any atom is 0.179 e. The van der Waals surface area contributed by atoms with Crippen LogP contribution in [0.1, 0.15) is 74.1 Å². The second-order valence-corrected chi connectivity index (χ2v) is 19.8. The lowest BCUT2D eigenvalue weighted by molar-refractivity contribution is 0.199. The Labute approximate surface area is 204 Å². The highest BCUT2D eigenvalue weighted by atomic mass is 127. The van der Waals surface area contributed by atoms with Crippen LogP contribution in [-0.2, 0) is 0 Å². The number of aromatic nitrogens is 1. The fourth-order valence-corrected chi connectivity index (χ4v) is 17.8. The van der Waals surface area contributed by atoms with Crippen molar-refractivity contribution in [2.75, 3.05) is 11.4 Å². The van der Waals surface area contributed by atoms with E-state index in [1.807, 2.05) is 0 Å². The minimum Gasteiger partial charge on any atom is -0.372 e. The monoisotopic (exact) mass is 551 g/mol. The fraction of sp³-hybridized carbons (Fsp3) is 0.692. The van der Waals surface area contributed by atoms with Crippen LogP contribution in [-0.4, -0.2) is 40.2 Å². The summed E-state index contributed by atoms with van der Waals surface area (Å²) in [7, 11) is -1.78. The predicted molar refractivity (Wildman–Crippen MR) is 147 cm³/mol. The fourth-order valence-electron chi connectivity index (χ4n) is 6.99. The van der Waals surface area contributed by atoms with Crippen molar-refractivity contribution in [2.24, 2.45) is 0 Å². The van der Waals surface area contributed by atoms with Gasteiger partial charge in [-0.15, -0.1) is 0 Å². The molecule has 1 unspecified atom stereocenters. The van der Waals surface area contributed by atoms with Crippen LogP contribution in [0.5, 0.6) is 0 Å². The van der Waals surface area contributed by atoms with E-state index in [-0.39, 0.29) is 5.54 Å². The number of alkyl halides is 1. The van der Waals surface area contributed by atoms with Gasteiger partial charge in [-0.3, -0.25) is 0 Å². The Morgan fingerprint density at radius 1 is 1.03 bits per heavy atom. The summed E-state index contributed by atoms with van der Waals surface area (Å²) in [6.45, 7) is 18.1. The van der Waals surface area contributed by atoms with E-state index in [0.717, 1.165) is 6.54 Å². The number of piperazine rings is 1. The zero-order valence-electron chi connectivity index (χ0n) is 20.6. The molecule has 2 heterocycles. The highest BCUT2D eigenvalue weighted by Crippen LogP contribution is 2.43. The first-order chi connectivity index (χ1) is 14.6. The van der Waals surface area contributed by atoms with Crippen LogP contribution in [0.4, 0.5) is 5.69 Å². The molecule has 1 N–H and O–H groups in total. The summed E-state index contributed by atoms with van der Waals surface area (Å²) in [6, 6.07) is 10.9. The van der Waals surface area contributed by atoms with Crippen molar-refractivity contribution in [3.8, 4) is 0 Å². The van der Waals surface area contributed by atoms with Gasteiger partial charge in [-0.05, 0) is 67.6 Å². The number of fused-ring (bicyclic) bond motifs is 2. The molecule has 31 heavy (non-hydrogen) atoms. The van der Waals surface area contributed by atoms with Crippen molar-refractivity contribution < 1.29 is 0 Å². The summed E-state index contributed by atoms with van der Waals surface area (Å²) < 4.78 is 3.44. The van der Waals surface area contributed by atoms with Gasteiger partial charge in [-0.25, -0.2) is 0 Å². The number of anilines is 1. The van der Waals surface area contributed by atoms with Crippen LogP contribution in [0.3, 0.4) is 0 Å². The molecule has 2 fully saturated rings. The van der Waals surface area contributed by atoms with E-state index in [9.17, 15) is 0 Å². The van der Waals surface area contributed by atoms with Gasteiger partial charge in [0.2, 0.25) is 0 Å². The van der Waals surface area contributed by atoms with Gasteiger partial charge in [0.25, 0.3) is 0 Å². The molecule has 1 aliphatic heterocycles. The zero-order valence-corrected chi connectivity index (χ0v) is 23.7. The number of halogens is 1. The molecule has 1 aromatic heterocycles. The van der Waals surface area contributed by atoms with Crippen molar-refractivity contribution in [3.63, 3.8) is 0 Å². The van der Waals surface area contributed by atoms with Crippen molar-refractivity contribution in [1.29, 1.82) is 0 Å². The van der Waals surface area contributed by atoms with E-state index in [0.29, 0.717) is 26.7 Å². The Morgan fingerprint density at radius 2 is 1.71 bits per heavy atom. The van der Waals surface area contributed by atoms with E-state index in [1.165, 1.54) is 42.3 Å². The molecule has 2 aliphatic rings. The summed E-state index contributed by atoms with van der Waals surface area (Å²) >= 11 is 2.72. The molecular weight excluding hydrogens is 509 g/mol. The van der Waals surface area contributed by atoms with Crippen molar-refractivity contribution >= 4 is 47.4 Å². The summed E-state index contributed by atoms with van der Waals surface area (Å²) in [5.41, 5.74) is 4.42. The summed E-state index contributed by atoms with van der Waals surface area (Å²) in [5, 5.41) is 5.36. The normalized spacial score (nSPS) is 25.3. The van der Waals surface area contributed by atoms with Crippen molar-refractivity contribution in [1.82, 2.24) is 9.55 Å². The lowest BCUT2D eigenvalue weighted by atomic mass is 9.83. The number of rotatable bonds is 5. The Balaban J connectivity index is 1.83. The first kappa shape index (κ1) is 23.6. The molecule has 1 aliphatic carbocycles. The molecule has 1 saturated heterocycles. The van der Waals surface area contributed by atoms with E-state index in [4.69, 9.17) is 0 Å². The van der Waals surface area contributed by atoms with Crippen LogP contribution in [0.25, 0.3) is 10.9 Å². The number of nitrogens with one attached hydrogen (secondary N) is 1. The van der Waals surface area contributed by atoms with Gasteiger partial charge in [-0.2, -0.15) is 0 Å². The number of nitrogens with zero attached hydrogens (tertiary/aromatic N) is 2. The summed E-state index contributed by atoms with van der Waals surface area (Å²) in [5.74, 6) is 0. The Hall–Kier alpha value is -0.533. The molecule has 0 amide bonds. The Morgan fingerprint density at radius 3 is 2.35 bits per heavy atom. The van der Waals surface area contributed by atoms with Crippen LogP contribution in [0.2, 0.25) is 11.1 Å². The van der Waals surface area contributed by atoms with Gasteiger partial charge < -0.3 is 14.4 Å². The molecule has 0 bridgehead atoms. The molecule has 4 rings (SSSR count). The van der Waals surface area contributed by atoms with E-state index in [2.05, 4.69) is 116 Å². The van der Waals surface area contributed by atoms with Crippen LogP contribution >= 0.6 is 22.6 Å². The third kappa shape index (κ3) is 4.01. The molecule has 5 heteroatoms. The second kappa shape index (κ2) is 8.67. The summed E-state index contributed by atoms with van der Waals surface area (Å²) in [4.78, 5) is 2.75. The topological polar surface area (TPSA) is 20.2 Å². The average molecular weight is 552 g/mol. The van der Waals surface area contributed by atoms with Crippen molar-refractivity contribution in [3.05, 3.63) is 30.5 Å². The highest BCUT2D eigenvalue weighted by molar-refractivity contribution is 14.1. The molecule has 3 atom stereocenters. The predicted octanol–water partition coefficient (Wildman–Crippen LogP) is 7.12. The molecule has 3 nitrogen and oxygen atoms in total. The third-order valence-electron chi connectivity index (χ3n) is 8.18. The smallest absolute Gasteiger partial charge is 0.179 e. The zero-order chi connectivity index (χ0) is 22.6. The van der Waals surface area contributed by atoms with E-state index >= 15 is 0 Å². The lowest BCUT2D eigenvalue weighted by Gasteiger charge is -2.52. The Kier molecular flexibility index (Phi) is 6.61. The number of hydrogen-bond donors (Lipinski definition) is 1. The van der Waals surface area contributed by atoms with Gasteiger partial charge in [0, 0.05) is 38.9 Å². The molecule has 172 valence electrons. The first-order valence-corrected chi connectivity index (χ1v) is 15.8. The van der Waals surface area contributed by atoms with Gasteiger partial charge in [0.05, 0.1) is 0 Å². The molecule has 2 aromatic rings. The van der Waals surface area contributed by atoms with Crippen LogP contribution in [0.15, 0.2) is 30.5 Å². The van der Waals surface area contributed by atoms with Gasteiger partial charge >= 0.3 is 0 Å². The SMILES string of the molecule is CC(C)[Si](C(C)C)(C(C)I)n1ccc2ccc(N3CC(C)(C)N[C@@H]4CCCC[C@@H]43)cc21. The maximum atomic E-state index is 3.97. The average Bonchev–Trinajstić information content (AvgIpc) is 3.09. The maximum absolute atomic E-state index is 3.97. The standard InChI is InChI=1S/C26H42IN3Si/c1-18(2)31(19(3)4,20(5)27)30-15-14-21-12-13-22(16-25(21)30)29-17-26(6,7)28-23-10-8-9-11-24(23)29/h12-16,18-20,23-24,28H,8-11,17H2,1-7H3/t20?,23-,24+/m1/s1. The van der Waals surface area contributed by atoms with Crippen molar-refractivity contribution in [2.45, 2.75) is 106 Å². The van der Waals surface area contributed by atoms with Crippen LogP contribution in [0, 0.1) is 0 Å². The highest BCUT2D eigenvalue weighted by Gasteiger charge is 2.47. The van der Waals surface area contributed by atoms with Gasteiger partial charge in [0.15, 0.2) is 8.24 Å². The number of hydrogen-bond acceptors (Lipinski definition) is 2. The first-order valence-electron chi connectivity index (χ1n) is 12.4. The molecule has 1 aromatic carbocycles. The van der Waals surface area contributed by atoms with Crippen LogP contribution < -0.4 is 10.2 Å². The third-order valence-corrected chi connectivity index (χ3v) is 17.4. The quantitative estimate of drug-likeness (QED) is 0.243. The molecule has 0 radical (unpaired) electrons. The minimum atomic E-state index is -1.78. The Bertz CT molecular complexity index is 895. The van der Waals surface area contributed by atoms with E-state index < -0.39 is 8.24 Å². The number of benzene rings is 1. The lowest BCUT2D eigenvalue weighted by Crippen LogP contribution is -2.67. The van der Waals surface area contributed by atoms with Gasteiger partial charge in [-0.1, -0.05) is 76.1 Å². The largest absolute Gasteiger partial charge is 0.372 e. The summed E-state index contributed by atoms with van der Waals surface area (Å²) in [6.07, 6.45) is 7.77. The van der Waals surface area contributed by atoms with E-state index in [1.54, 1.807) is 0 Å².